The van der Waals surface area contributed by atoms with Gasteiger partial charge in [0.25, 0.3) is 0 Å². The summed E-state index contributed by atoms with van der Waals surface area (Å²) >= 11 is 5.19. The lowest BCUT2D eigenvalue weighted by molar-refractivity contribution is -0.119. The molecular formula is C14H26N2OS. The quantitative estimate of drug-likeness (QED) is 0.457. The van der Waals surface area contributed by atoms with Crippen molar-refractivity contribution in [3.05, 3.63) is 0 Å². The minimum atomic E-state index is 0.0505. The number of carbonyl (C=O) groups is 1. The summed E-state index contributed by atoms with van der Waals surface area (Å²) in [5.41, 5.74) is 0. The Balaban J connectivity index is 2.17. The fraction of sp³-hybridized carbons (Fsp3) is 0.857. The third-order valence-corrected chi connectivity index (χ3v) is 3.67. The largest absolute Gasteiger partial charge is 0.360 e. The summed E-state index contributed by atoms with van der Waals surface area (Å²) in [6.07, 6.45) is 11.3. The molecule has 0 aromatic heterocycles. The summed E-state index contributed by atoms with van der Waals surface area (Å²) in [7, 11) is 0. The highest BCUT2D eigenvalue weighted by Crippen LogP contribution is 2.16. The van der Waals surface area contributed by atoms with Crippen molar-refractivity contribution in [2.75, 3.05) is 0 Å². The molecule has 0 aliphatic heterocycles. The Morgan fingerprint density at radius 2 is 1.83 bits per heavy atom. The fourth-order valence-electron chi connectivity index (χ4n) is 2.37. The van der Waals surface area contributed by atoms with Crippen molar-refractivity contribution in [3.63, 3.8) is 0 Å². The number of hydrogen-bond acceptors (Lipinski definition) is 2. The van der Waals surface area contributed by atoms with Crippen molar-refractivity contribution in [2.24, 2.45) is 0 Å². The molecule has 18 heavy (non-hydrogen) atoms. The van der Waals surface area contributed by atoms with Crippen molar-refractivity contribution < 1.29 is 4.79 Å². The van der Waals surface area contributed by atoms with Crippen LogP contribution in [0.1, 0.15) is 71.1 Å². The van der Waals surface area contributed by atoms with Crippen LogP contribution >= 0.6 is 12.2 Å². The van der Waals surface area contributed by atoms with E-state index >= 15 is 0 Å². The zero-order valence-corrected chi connectivity index (χ0v) is 12.3. The van der Waals surface area contributed by atoms with Gasteiger partial charge in [-0.15, -0.1) is 0 Å². The van der Waals surface area contributed by atoms with Crippen molar-refractivity contribution in [1.82, 2.24) is 10.6 Å². The van der Waals surface area contributed by atoms with Gasteiger partial charge in [-0.2, -0.15) is 0 Å². The Morgan fingerprint density at radius 1 is 1.17 bits per heavy atom. The minimum Gasteiger partial charge on any atom is -0.360 e. The van der Waals surface area contributed by atoms with E-state index in [0.717, 1.165) is 19.3 Å². The number of amides is 1. The third kappa shape index (κ3) is 6.94. The number of unbranched alkanes of at least 4 members (excludes halogenated alkanes) is 2. The molecule has 2 N–H and O–H groups in total. The van der Waals surface area contributed by atoms with E-state index in [9.17, 15) is 4.79 Å². The average Bonchev–Trinajstić information content (AvgIpc) is 2.57. The van der Waals surface area contributed by atoms with Crippen LogP contribution in [0.4, 0.5) is 0 Å². The molecule has 0 unspecified atom stereocenters. The Morgan fingerprint density at radius 3 is 2.44 bits per heavy atom. The summed E-state index contributed by atoms with van der Waals surface area (Å²) in [6.45, 7) is 2.14. The molecule has 0 heterocycles. The van der Waals surface area contributed by atoms with Gasteiger partial charge in [-0.25, -0.2) is 0 Å². The summed E-state index contributed by atoms with van der Waals surface area (Å²) < 4.78 is 0. The second-order valence-electron chi connectivity index (χ2n) is 5.17. The highest BCUT2D eigenvalue weighted by atomic mass is 32.1. The number of thiocarbonyl (C=S) groups is 1. The molecule has 4 heteroatoms. The van der Waals surface area contributed by atoms with E-state index in [1.165, 1.54) is 38.5 Å². The third-order valence-electron chi connectivity index (χ3n) is 3.45. The monoisotopic (exact) mass is 270 g/mol. The topological polar surface area (TPSA) is 41.1 Å². The van der Waals surface area contributed by atoms with E-state index in [1.807, 2.05) is 0 Å². The fourth-order valence-corrected chi connectivity index (χ4v) is 2.65. The molecule has 1 amide bonds. The number of hydrogen-bond donors (Lipinski definition) is 2. The molecule has 0 radical (unpaired) electrons. The van der Waals surface area contributed by atoms with Crippen LogP contribution in [-0.2, 0) is 4.79 Å². The standard InChI is InChI=1S/C14H26N2OS/c1-2-3-6-11-13(17)16-14(18)15-12-9-7-4-5-8-10-12/h12H,2-11H2,1H3,(H2,15,16,17,18). The lowest BCUT2D eigenvalue weighted by Gasteiger charge is -2.18. The van der Waals surface area contributed by atoms with Crippen LogP contribution in [0.15, 0.2) is 0 Å². The van der Waals surface area contributed by atoms with Crippen LogP contribution in [0.2, 0.25) is 0 Å². The molecule has 0 spiro atoms. The van der Waals surface area contributed by atoms with Gasteiger partial charge >= 0.3 is 0 Å². The zero-order chi connectivity index (χ0) is 13.2. The van der Waals surface area contributed by atoms with Gasteiger partial charge in [0.2, 0.25) is 5.91 Å². The molecule has 0 aromatic carbocycles. The van der Waals surface area contributed by atoms with Gasteiger partial charge < -0.3 is 10.6 Å². The zero-order valence-electron chi connectivity index (χ0n) is 11.5. The van der Waals surface area contributed by atoms with Crippen LogP contribution in [0.3, 0.4) is 0 Å². The summed E-state index contributed by atoms with van der Waals surface area (Å²) in [5.74, 6) is 0.0505. The molecule has 3 nitrogen and oxygen atoms in total. The van der Waals surface area contributed by atoms with Crippen LogP contribution in [0.25, 0.3) is 0 Å². The van der Waals surface area contributed by atoms with Crippen molar-refractivity contribution in [2.45, 2.75) is 77.2 Å². The molecule has 0 atom stereocenters. The first-order valence-electron chi connectivity index (χ1n) is 7.32. The highest BCUT2D eigenvalue weighted by molar-refractivity contribution is 7.80. The first-order valence-corrected chi connectivity index (χ1v) is 7.73. The van der Waals surface area contributed by atoms with E-state index in [4.69, 9.17) is 12.2 Å². The Kier molecular flexibility index (Phi) is 7.98. The maximum atomic E-state index is 11.6. The van der Waals surface area contributed by atoms with Crippen molar-refractivity contribution >= 4 is 23.2 Å². The highest BCUT2D eigenvalue weighted by Gasteiger charge is 2.13. The maximum absolute atomic E-state index is 11.6. The first-order chi connectivity index (χ1) is 8.72. The van der Waals surface area contributed by atoms with E-state index in [2.05, 4.69) is 17.6 Å². The van der Waals surface area contributed by atoms with Gasteiger partial charge in [0, 0.05) is 12.5 Å². The van der Waals surface area contributed by atoms with E-state index in [-0.39, 0.29) is 5.91 Å². The van der Waals surface area contributed by atoms with Gasteiger partial charge in [-0.1, -0.05) is 45.4 Å². The van der Waals surface area contributed by atoms with Crippen LogP contribution in [-0.4, -0.2) is 17.1 Å². The molecule has 0 aromatic rings. The van der Waals surface area contributed by atoms with Crippen molar-refractivity contribution in [3.8, 4) is 0 Å². The molecule has 0 saturated heterocycles. The molecular weight excluding hydrogens is 244 g/mol. The SMILES string of the molecule is CCCCCC(=O)NC(=S)NC1CCCCCC1. The number of carbonyl (C=O) groups excluding carboxylic acids is 1. The Labute approximate surface area is 116 Å². The first kappa shape index (κ1) is 15.4. The molecule has 1 saturated carbocycles. The molecule has 1 aliphatic rings. The lowest BCUT2D eigenvalue weighted by Crippen LogP contribution is -2.44. The average molecular weight is 270 g/mol. The summed E-state index contributed by atoms with van der Waals surface area (Å²) in [6, 6.07) is 0.455. The smallest absolute Gasteiger partial charge is 0.226 e. The molecule has 1 rings (SSSR count). The maximum Gasteiger partial charge on any atom is 0.226 e. The van der Waals surface area contributed by atoms with Gasteiger partial charge in [0.1, 0.15) is 0 Å². The molecule has 1 aliphatic carbocycles. The van der Waals surface area contributed by atoms with Crippen molar-refractivity contribution in [1.29, 1.82) is 0 Å². The van der Waals surface area contributed by atoms with Gasteiger partial charge in [0.15, 0.2) is 5.11 Å². The molecule has 104 valence electrons. The Bertz CT molecular complexity index is 261. The van der Waals surface area contributed by atoms with Gasteiger partial charge in [0.05, 0.1) is 0 Å². The van der Waals surface area contributed by atoms with Gasteiger partial charge in [-0.3, -0.25) is 4.79 Å². The van der Waals surface area contributed by atoms with E-state index in [1.54, 1.807) is 0 Å². The predicted molar refractivity (Wildman–Crippen MR) is 79.5 cm³/mol. The van der Waals surface area contributed by atoms with Gasteiger partial charge in [-0.05, 0) is 31.5 Å². The number of rotatable bonds is 5. The lowest BCUT2D eigenvalue weighted by atomic mass is 10.1. The Hall–Kier alpha value is -0.640. The van der Waals surface area contributed by atoms with Crippen LogP contribution in [0, 0.1) is 0 Å². The normalized spacial score (nSPS) is 16.9. The van der Waals surface area contributed by atoms with Crippen LogP contribution < -0.4 is 10.6 Å². The molecule has 1 fully saturated rings. The summed E-state index contributed by atoms with van der Waals surface area (Å²) in [5, 5.41) is 6.58. The second kappa shape index (κ2) is 9.31. The van der Waals surface area contributed by atoms with E-state index < -0.39 is 0 Å². The molecule has 0 bridgehead atoms. The van der Waals surface area contributed by atoms with E-state index in [0.29, 0.717) is 17.6 Å². The van der Waals surface area contributed by atoms with Crippen LogP contribution in [0.5, 0.6) is 0 Å². The second-order valence-corrected chi connectivity index (χ2v) is 5.58. The minimum absolute atomic E-state index is 0.0505. The number of nitrogens with one attached hydrogen (secondary N) is 2. The summed E-state index contributed by atoms with van der Waals surface area (Å²) in [4.78, 5) is 11.6. The predicted octanol–water partition coefficient (Wildman–Crippen LogP) is 3.28.